The van der Waals surface area contributed by atoms with Gasteiger partial charge in [-0.25, -0.2) is 4.90 Å². The fourth-order valence-electron chi connectivity index (χ4n) is 2.27. The molecule has 0 saturated carbocycles. The predicted molar refractivity (Wildman–Crippen MR) is 80.6 cm³/mol. The fraction of sp³-hybridized carbons (Fsp3) is 0.286. The van der Waals surface area contributed by atoms with Crippen molar-refractivity contribution >= 4 is 39.9 Å². The van der Waals surface area contributed by atoms with E-state index in [4.69, 9.17) is 11.6 Å². The largest absolute Gasteiger partial charge is 0.274 e. The van der Waals surface area contributed by atoms with Gasteiger partial charge in [0.15, 0.2) is 0 Å². The van der Waals surface area contributed by atoms with Crippen molar-refractivity contribution in [1.29, 1.82) is 0 Å². The number of benzene rings is 1. The van der Waals surface area contributed by atoms with Crippen molar-refractivity contribution in [2.24, 2.45) is 0 Å². The Balaban J connectivity index is 1.90. The zero-order valence-electron chi connectivity index (χ0n) is 11.2. The van der Waals surface area contributed by atoms with Crippen LogP contribution in [0.4, 0.5) is 5.13 Å². The lowest BCUT2D eigenvalue weighted by molar-refractivity contribution is -0.121. The van der Waals surface area contributed by atoms with Gasteiger partial charge in [0.1, 0.15) is 5.01 Å². The van der Waals surface area contributed by atoms with Gasteiger partial charge in [0.2, 0.25) is 16.9 Å². The molecule has 1 unspecified atom stereocenters. The van der Waals surface area contributed by atoms with E-state index in [9.17, 15) is 9.59 Å². The van der Waals surface area contributed by atoms with Gasteiger partial charge < -0.3 is 0 Å². The normalized spacial score (nSPS) is 18.6. The Morgan fingerprint density at radius 1 is 1.29 bits per heavy atom. The van der Waals surface area contributed by atoms with Crippen LogP contribution >= 0.6 is 22.9 Å². The number of carbonyl (C=O) groups excluding carboxylic acids is 2. The fourth-order valence-corrected chi connectivity index (χ4v) is 3.19. The monoisotopic (exact) mass is 321 g/mol. The Hall–Kier alpha value is -1.79. The number of carbonyl (C=O) groups is 2. The van der Waals surface area contributed by atoms with Crippen LogP contribution < -0.4 is 4.90 Å². The van der Waals surface area contributed by atoms with Crippen LogP contribution in [0.5, 0.6) is 0 Å². The van der Waals surface area contributed by atoms with E-state index in [-0.39, 0.29) is 18.2 Å². The minimum absolute atomic E-state index is 0.154. The van der Waals surface area contributed by atoms with Crippen LogP contribution in [0.1, 0.15) is 29.8 Å². The molecule has 3 rings (SSSR count). The lowest BCUT2D eigenvalue weighted by atomic mass is 9.98. The molecule has 1 aromatic carbocycles. The summed E-state index contributed by atoms with van der Waals surface area (Å²) in [5, 5.41) is 9.67. The minimum Gasteiger partial charge on any atom is -0.274 e. The first-order valence-electron chi connectivity index (χ1n) is 6.54. The maximum atomic E-state index is 12.5. The van der Waals surface area contributed by atoms with Crippen LogP contribution in [0.2, 0.25) is 5.02 Å². The highest BCUT2D eigenvalue weighted by Crippen LogP contribution is 2.34. The molecule has 1 fully saturated rings. The highest BCUT2D eigenvalue weighted by atomic mass is 35.5. The molecule has 5 nitrogen and oxygen atoms in total. The number of aryl methyl sites for hydroxylation is 1. The van der Waals surface area contributed by atoms with E-state index in [0.29, 0.717) is 10.2 Å². The third kappa shape index (κ3) is 2.56. The van der Waals surface area contributed by atoms with E-state index >= 15 is 0 Å². The zero-order chi connectivity index (χ0) is 15.0. The molecule has 2 aromatic rings. The lowest BCUT2D eigenvalue weighted by Crippen LogP contribution is -2.29. The maximum Gasteiger partial charge on any atom is 0.243 e. The number of hydrogen-bond acceptors (Lipinski definition) is 5. The summed E-state index contributed by atoms with van der Waals surface area (Å²) in [6, 6.07) is 6.99. The SMILES string of the molecule is CCc1nnc(N2C(=O)CC(c3ccc(Cl)cc3)C2=O)s1. The van der Waals surface area contributed by atoms with Crippen molar-refractivity contribution in [2.75, 3.05) is 4.90 Å². The summed E-state index contributed by atoms with van der Waals surface area (Å²) in [5.74, 6) is -0.955. The minimum atomic E-state index is -0.469. The Morgan fingerprint density at radius 3 is 2.62 bits per heavy atom. The van der Waals surface area contributed by atoms with Gasteiger partial charge in [0, 0.05) is 11.4 Å². The molecule has 2 heterocycles. The van der Waals surface area contributed by atoms with Gasteiger partial charge in [-0.3, -0.25) is 9.59 Å². The molecule has 0 aliphatic carbocycles. The van der Waals surface area contributed by atoms with E-state index in [1.165, 1.54) is 11.3 Å². The molecule has 2 amide bonds. The van der Waals surface area contributed by atoms with Crippen molar-refractivity contribution in [1.82, 2.24) is 10.2 Å². The molecular formula is C14H12ClN3O2S. The first kappa shape index (κ1) is 14.2. The number of amides is 2. The molecule has 21 heavy (non-hydrogen) atoms. The molecular weight excluding hydrogens is 310 g/mol. The van der Waals surface area contributed by atoms with Crippen molar-refractivity contribution in [2.45, 2.75) is 25.7 Å². The Bertz CT molecular complexity index is 698. The van der Waals surface area contributed by atoms with E-state index in [2.05, 4.69) is 10.2 Å². The quantitative estimate of drug-likeness (QED) is 0.815. The van der Waals surface area contributed by atoms with Crippen LogP contribution in [0.3, 0.4) is 0 Å². The van der Waals surface area contributed by atoms with Crippen molar-refractivity contribution in [3.05, 3.63) is 39.9 Å². The van der Waals surface area contributed by atoms with E-state index < -0.39 is 5.92 Å². The summed E-state index contributed by atoms with van der Waals surface area (Å²) in [7, 11) is 0. The molecule has 0 radical (unpaired) electrons. The highest BCUT2D eigenvalue weighted by Gasteiger charge is 2.41. The number of nitrogens with zero attached hydrogens (tertiary/aromatic N) is 3. The molecule has 1 saturated heterocycles. The van der Waals surface area contributed by atoms with E-state index in [1.54, 1.807) is 24.3 Å². The van der Waals surface area contributed by atoms with Crippen LogP contribution in [0.25, 0.3) is 0 Å². The number of halogens is 1. The topological polar surface area (TPSA) is 63.2 Å². The van der Waals surface area contributed by atoms with Crippen LogP contribution in [0, 0.1) is 0 Å². The first-order chi connectivity index (χ1) is 10.1. The number of anilines is 1. The molecule has 1 aromatic heterocycles. The van der Waals surface area contributed by atoms with Crippen LogP contribution in [-0.4, -0.2) is 22.0 Å². The first-order valence-corrected chi connectivity index (χ1v) is 7.74. The van der Waals surface area contributed by atoms with E-state index in [1.807, 2.05) is 6.92 Å². The summed E-state index contributed by atoms with van der Waals surface area (Å²) in [4.78, 5) is 25.8. The molecule has 7 heteroatoms. The molecule has 0 bridgehead atoms. The van der Waals surface area contributed by atoms with Crippen LogP contribution in [0.15, 0.2) is 24.3 Å². The summed E-state index contributed by atoms with van der Waals surface area (Å²) in [6.45, 7) is 1.95. The summed E-state index contributed by atoms with van der Waals surface area (Å²) < 4.78 is 0. The van der Waals surface area contributed by atoms with Gasteiger partial charge in [-0.15, -0.1) is 10.2 Å². The zero-order valence-corrected chi connectivity index (χ0v) is 12.8. The van der Waals surface area contributed by atoms with Gasteiger partial charge >= 0.3 is 0 Å². The van der Waals surface area contributed by atoms with Crippen molar-refractivity contribution in [3.63, 3.8) is 0 Å². The van der Waals surface area contributed by atoms with Gasteiger partial charge in [0.05, 0.1) is 5.92 Å². The predicted octanol–water partition coefficient (Wildman–Crippen LogP) is 2.80. The summed E-state index contributed by atoms with van der Waals surface area (Å²) in [5.41, 5.74) is 0.792. The second-order valence-corrected chi connectivity index (χ2v) is 6.18. The third-order valence-corrected chi connectivity index (χ3v) is 4.67. The average molecular weight is 322 g/mol. The second-order valence-electron chi connectivity index (χ2n) is 4.71. The van der Waals surface area contributed by atoms with E-state index in [0.717, 1.165) is 21.9 Å². The number of aromatic nitrogens is 2. The Labute approximate surface area is 130 Å². The molecule has 1 atom stereocenters. The summed E-state index contributed by atoms with van der Waals surface area (Å²) >= 11 is 7.13. The number of imide groups is 1. The third-order valence-electron chi connectivity index (χ3n) is 3.37. The lowest BCUT2D eigenvalue weighted by Gasteiger charge is -2.11. The highest BCUT2D eigenvalue weighted by molar-refractivity contribution is 7.15. The molecule has 1 aliphatic rings. The van der Waals surface area contributed by atoms with Gasteiger partial charge in [0.25, 0.3) is 0 Å². The number of rotatable bonds is 3. The standard InChI is InChI=1S/C14H12ClN3O2S/c1-2-11-16-17-14(21-11)18-12(19)7-10(13(18)20)8-3-5-9(15)6-4-8/h3-6,10H,2,7H2,1H3. The van der Waals surface area contributed by atoms with Crippen LogP contribution in [-0.2, 0) is 16.0 Å². The Kier molecular flexibility index (Phi) is 3.73. The average Bonchev–Trinajstić information content (AvgIpc) is 3.04. The summed E-state index contributed by atoms with van der Waals surface area (Å²) in [6.07, 6.45) is 0.885. The number of hydrogen-bond donors (Lipinski definition) is 0. The van der Waals surface area contributed by atoms with Gasteiger partial charge in [-0.05, 0) is 24.1 Å². The molecule has 108 valence electrons. The smallest absolute Gasteiger partial charge is 0.243 e. The van der Waals surface area contributed by atoms with Crippen molar-refractivity contribution < 1.29 is 9.59 Å². The van der Waals surface area contributed by atoms with Crippen molar-refractivity contribution in [3.8, 4) is 0 Å². The van der Waals surface area contributed by atoms with Gasteiger partial charge in [-0.2, -0.15) is 0 Å². The van der Waals surface area contributed by atoms with Gasteiger partial charge in [-0.1, -0.05) is 42.0 Å². The maximum absolute atomic E-state index is 12.5. The second kappa shape index (κ2) is 5.54. The molecule has 0 spiro atoms. The molecule has 1 aliphatic heterocycles. The Morgan fingerprint density at radius 2 is 2.00 bits per heavy atom. The molecule has 0 N–H and O–H groups in total.